The number of hydrogen-bond donors (Lipinski definition) is 2. The van der Waals surface area contributed by atoms with Crippen molar-refractivity contribution in [3.63, 3.8) is 0 Å². The van der Waals surface area contributed by atoms with E-state index in [0.717, 1.165) is 0 Å². The van der Waals surface area contributed by atoms with Gasteiger partial charge in [0.2, 0.25) is 5.91 Å². The van der Waals surface area contributed by atoms with E-state index in [1.165, 1.54) is 12.1 Å². The lowest BCUT2D eigenvalue weighted by atomic mass is 9.84. The van der Waals surface area contributed by atoms with Crippen molar-refractivity contribution in [1.29, 1.82) is 0 Å². The summed E-state index contributed by atoms with van der Waals surface area (Å²) in [6.45, 7) is 5.91. The normalized spacial score (nSPS) is 14.9. The van der Waals surface area contributed by atoms with Crippen LogP contribution in [0.15, 0.2) is 42.6 Å². The van der Waals surface area contributed by atoms with E-state index in [-0.39, 0.29) is 11.8 Å². The number of nitrogens with zero attached hydrogens (tertiary/aromatic N) is 4. The van der Waals surface area contributed by atoms with Crippen molar-refractivity contribution in [1.82, 2.24) is 25.0 Å². The first-order valence-electron chi connectivity index (χ1n) is 10.8. The molecule has 1 aromatic carbocycles. The van der Waals surface area contributed by atoms with E-state index >= 15 is 0 Å². The van der Waals surface area contributed by atoms with E-state index in [0.29, 0.717) is 47.7 Å². The highest BCUT2D eigenvalue weighted by Crippen LogP contribution is 2.36. The second-order valence-electron chi connectivity index (χ2n) is 9.11. The lowest BCUT2D eigenvalue weighted by molar-refractivity contribution is -0.137. The largest absolute Gasteiger partial charge is 0.505 e. The second-order valence-corrected chi connectivity index (χ2v) is 9.11. The zero-order chi connectivity index (χ0) is 23.8. The third-order valence-corrected chi connectivity index (χ3v) is 5.91. The van der Waals surface area contributed by atoms with Gasteiger partial charge in [0, 0.05) is 43.3 Å². The quantitative estimate of drug-likeness (QED) is 0.534. The molecule has 3 heterocycles. The third-order valence-electron chi connectivity index (χ3n) is 5.91. The van der Waals surface area contributed by atoms with Crippen LogP contribution in [-0.2, 0) is 4.79 Å². The average Bonchev–Trinajstić information content (AvgIpc) is 3.17. The highest BCUT2D eigenvalue weighted by Gasteiger charge is 2.42. The molecular formula is C24H28FN5O3. The number of phenolic OH excluding ortho intramolecular Hbond substituents is 1. The van der Waals surface area contributed by atoms with Gasteiger partial charge in [0.1, 0.15) is 11.4 Å². The number of H-pyrrole nitrogens is 1. The number of carbonyl (C=O) groups is 1. The van der Waals surface area contributed by atoms with Gasteiger partial charge in [0.15, 0.2) is 17.2 Å². The van der Waals surface area contributed by atoms with E-state index in [9.17, 15) is 14.3 Å². The molecule has 1 aliphatic heterocycles. The Balaban J connectivity index is 1.51. The summed E-state index contributed by atoms with van der Waals surface area (Å²) in [7, 11) is 3.90. The Labute approximate surface area is 191 Å². The van der Waals surface area contributed by atoms with E-state index in [4.69, 9.17) is 4.74 Å². The van der Waals surface area contributed by atoms with Crippen LogP contribution in [0.2, 0.25) is 0 Å². The average molecular weight is 454 g/mol. The Hall–Kier alpha value is -3.46. The number of likely N-dealkylation sites (tertiary alicyclic amines) is 1. The number of amides is 1. The molecule has 9 heteroatoms. The number of aromatic nitrogens is 3. The summed E-state index contributed by atoms with van der Waals surface area (Å²) in [4.78, 5) is 20.6. The first kappa shape index (κ1) is 22.7. The molecule has 174 valence electrons. The van der Waals surface area contributed by atoms with Crippen molar-refractivity contribution < 1.29 is 19.0 Å². The predicted octanol–water partition coefficient (Wildman–Crippen LogP) is 3.20. The van der Waals surface area contributed by atoms with Crippen LogP contribution in [0.1, 0.15) is 13.8 Å². The van der Waals surface area contributed by atoms with E-state index < -0.39 is 17.2 Å². The Morgan fingerprint density at radius 3 is 2.82 bits per heavy atom. The van der Waals surface area contributed by atoms with Gasteiger partial charge in [-0.05, 0) is 46.1 Å². The Morgan fingerprint density at radius 2 is 2.12 bits per heavy atom. The van der Waals surface area contributed by atoms with Crippen LogP contribution in [0.25, 0.3) is 22.3 Å². The fraction of sp³-hybridized carbons (Fsp3) is 0.375. The minimum absolute atomic E-state index is 0.00155. The van der Waals surface area contributed by atoms with Crippen LogP contribution in [0.4, 0.5) is 4.39 Å². The molecule has 0 atom stereocenters. The minimum atomic E-state index is -0.722. The first-order chi connectivity index (χ1) is 15.6. The van der Waals surface area contributed by atoms with Crippen molar-refractivity contribution in [3.05, 3.63) is 48.4 Å². The van der Waals surface area contributed by atoms with Crippen LogP contribution in [-0.4, -0.2) is 75.3 Å². The maximum atomic E-state index is 13.9. The van der Waals surface area contributed by atoms with Gasteiger partial charge in [-0.2, -0.15) is 5.10 Å². The van der Waals surface area contributed by atoms with Crippen LogP contribution in [0.5, 0.6) is 11.5 Å². The number of fused-ring (bicyclic) bond motifs is 1. The minimum Gasteiger partial charge on any atom is -0.505 e. The zero-order valence-electron chi connectivity index (χ0n) is 19.2. The molecule has 0 saturated carbocycles. The lowest BCUT2D eigenvalue weighted by Crippen LogP contribution is -2.59. The number of nitrogens with one attached hydrogen (secondary N) is 1. The maximum Gasteiger partial charge on any atom is 0.246 e. The third kappa shape index (κ3) is 4.83. The second kappa shape index (κ2) is 8.82. The van der Waals surface area contributed by atoms with Gasteiger partial charge in [-0.3, -0.25) is 9.89 Å². The first-order valence-corrected chi connectivity index (χ1v) is 10.8. The number of phenols is 1. The molecule has 33 heavy (non-hydrogen) atoms. The fourth-order valence-electron chi connectivity index (χ4n) is 3.73. The number of likely N-dealkylation sites (N-methyl/N-ethyl adjacent to an activating group) is 1. The van der Waals surface area contributed by atoms with Crippen molar-refractivity contribution in [3.8, 4) is 22.8 Å². The molecule has 4 rings (SSSR count). The van der Waals surface area contributed by atoms with Gasteiger partial charge in [-0.15, -0.1) is 0 Å². The summed E-state index contributed by atoms with van der Waals surface area (Å²) >= 11 is 0. The van der Waals surface area contributed by atoms with Crippen LogP contribution in [0.3, 0.4) is 0 Å². The number of hydrogen-bond acceptors (Lipinski definition) is 6. The molecule has 2 aromatic heterocycles. The molecule has 1 aliphatic rings. The number of pyridine rings is 1. The highest BCUT2D eigenvalue weighted by molar-refractivity contribution is 5.88. The molecule has 8 nitrogen and oxygen atoms in total. The van der Waals surface area contributed by atoms with Gasteiger partial charge in [-0.25, -0.2) is 9.37 Å². The summed E-state index contributed by atoms with van der Waals surface area (Å²) in [6, 6.07) is 5.86. The van der Waals surface area contributed by atoms with E-state index in [1.54, 1.807) is 29.3 Å². The standard InChI is InChI=1S/C24H28FN5O3/c1-24(2,16-13-30(14-16)22(32)6-5-9-29(3)4)33-21-11-19(27-23-17(21)12-26-28-23)15-7-8-20(31)18(25)10-15/h5-8,10-12,16,31H,9,13-14H2,1-4H3,(H,26,27,28)/b6-5+. The zero-order valence-corrected chi connectivity index (χ0v) is 19.2. The number of rotatable bonds is 7. The number of aromatic hydroxyl groups is 1. The van der Waals surface area contributed by atoms with Crippen LogP contribution >= 0.6 is 0 Å². The monoisotopic (exact) mass is 453 g/mol. The molecule has 0 aliphatic carbocycles. The smallest absolute Gasteiger partial charge is 0.246 e. The molecule has 2 N–H and O–H groups in total. The Kier molecular flexibility index (Phi) is 6.07. The molecule has 0 bridgehead atoms. The lowest BCUT2D eigenvalue weighted by Gasteiger charge is -2.47. The van der Waals surface area contributed by atoms with Crippen LogP contribution < -0.4 is 4.74 Å². The SMILES string of the molecule is CN(C)C/C=C/C(=O)N1CC(C(C)(C)Oc2cc(-c3ccc(O)c(F)c3)nc3[nH]ncc23)C1. The molecule has 1 amide bonds. The topological polar surface area (TPSA) is 94.6 Å². The van der Waals surface area contributed by atoms with Gasteiger partial charge >= 0.3 is 0 Å². The van der Waals surface area contributed by atoms with Crippen molar-refractivity contribution >= 4 is 16.9 Å². The number of carbonyl (C=O) groups excluding carboxylic acids is 1. The van der Waals surface area contributed by atoms with Gasteiger partial charge in [0.25, 0.3) is 0 Å². The van der Waals surface area contributed by atoms with E-state index in [2.05, 4.69) is 15.2 Å². The van der Waals surface area contributed by atoms with Gasteiger partial charge in [0.05, 0.1) is 17.3 Å². The summed E-state index contributed by atoms with van der Waals surface area (Å²) in [5.74, 6) is -0.423. The van der Waals surface area contributed by atoms with Gasteiger partial charge < -0.3 is 19.6 Å². The molecule has 1 fully saturated rings. The predicted molar refractivity (Wildman–Crippen MR) is 123 cm³/mol. The molecule has 0 unspecified atom stereocenters. The number of aromatic amines is 1. The van der Waals surface area contributed by atoms with E-state index in [1.807, 2.05) is 38.9 Å². The molecule has 0 spiro atoms. The fourth-order valence-corrected chi connectivity index (χ4v) is 3.73. The summed E-state index contributed by atoms with van der Waals surface area (Å²) in [5.41, 5.74) is 0.957. The Morgan fingerprint density at radius 1 is 1.36 bits per heavy atom. The molecule has 1 saturated heterocycles. The summed E-state index contributed by atoms with van der Waals surface area (Å²) in [6.07, 6.45) is 5.11. The molecule has 0 radical (unpaired) electrons. The highest BCUT2D eigenvalue weighted by atomic mass is 19.1. The molecule has 3 aromatic rings. The van der Waals surface area contributed by atoms with Crippen molar-refractivity contribution in [2.75, 3.05) is 33.7 Å². The van der Waals surface area contributed by atoms with Crippen LogP contribution in [0, 0.1) is 11.7 Å². The van der Waals surface area contributed by atoms with Crippen molar-refractivity contribution in [2.24, 2.45) is 5.92 Å². The summed E-state index contributed by atoms with van der Waals surface area (Å²) < 4.78 is 20.3. The maximum absolute atomic E-state index is 13.9. The van der Waals surface area contributed by atoms with Gasteiger partial charge in [-0.1, -0.05) is 6.08 Å². The number of halogens is 1. The Bertz CT molecular complexity index is 1200. The van der Waals surface area contributed by atoms with Crippen molar-refractivity contribution in [2.45, 2.75) is 19.4 Å². The molecular weight excluding hydrogens is 425 g/mol. The summed E-state index contributed by atoms with van der Waals surface area (Å²) in [5, 5.41) is 17.1. The number of benzene rings is 1. The number of ether oxygens (including phenoxy) is 1.